The van der Waals surface area contributed by atoms with Gasteiger partial charge in [-0.1, -0.05) is 18.2 Å². The van der Waals surface area contributed by atoms with Crippen LogP contribution in [0.3, 0.4) is 0 Å². The van der Waals surface area contributed by atoms with E-state index in [-0.39, 0.29) is 24.0 Å². The van der Waals surface area contributed by atoms with Gasteiger partial charge in [-0.25, -0.2) is 4.98 Å². The number of guanidine groups is 1. The lowest BCUT2D eigenvalue weighted by Crippen LogP contribution is -2.39. The standard InChI is InChI=1S/C15H21N5S.HI/c1-16-15(18-8-11-20-10-7-17-13-20)19-9-12-21-14-5-3-2-4-6-14;/h2-7,10,13H,8-9,11-12H2,1H3,(H2,16,18,19);1H. The third-order valence-corrected chi connectivity index (χ3v) is 3.87. The van der Waals surface area contributed by atoms with Crippen molar-refractivity contribution in [1.82, 2.24) is 20.2 Å². The predicted octanol–water partition coefficient (Wildman–Crippen LogP) is 2.46. The summed E-state index contributed by atoms with van der Waals surface area (Å²) in [5.41, 5.74) is 0. The van der Waals surface area contributed by atoms with Gasteiger partial charge in [-0.2, -0.15) is 0 Å². The number of nitrogens with zero attached hydrogens (tertiary/aromatic N) is 3. The monoisotopic (exact) mass is 431 g/mol. The van der Waals surface area contributed by atoms with E-state index in [1.807, 2.05) is 34.9 Å². The maximum Gasteiger partial charge on any atom is 0.191 e. The molecule has 0 spiro atoms. The van der Waals surface area contributed by atoms with Gasteiger partial charge in [0.2, 0.25) is 0 Å². The lowest BCUT2D eigenvalue weighted by Gasteiger charge is -2.11. The number of hydrogen-bond donors (Lipinski definition) is 2. The summed E-state index contributed by atoms with van der Waals surface area (Å²) in [5.74, 6) is 1.84. The van der Waals surface area contributed by atoms with Crippen LogP contribution in [0.15, 0.2) is 58.9 Å². The molecule has 5 nitrogen and oxygen atoms in total. The van der Waals surface area contributed by atoms with Crippen molar-refractivity contribution < 1.29 is 0 Å². The lowest BCUT2D eigenvalue weighted by atomic mass is 10.4. The minimum absolute atomic E-state index is 0. The first-order chi connectivity index (χ1) is 10.4. The number of aliphatic imine (C=N–C) groups is 1. The van der Waals surface area contributed by atoms with Crippen molar-refractivity contribution in [2.45, 2.75) is 11.4 Å². The van der Waals surface area contributed by atoms with Gasteiger partial charge in [0.25, 0.3) is 0 Å². The SMILES string of the molecule is CN=C(NCCSc1ccccc1)NCCn1ccnc1.I. The van der Waals surface area contributed by atoms with Gasteiger partial charge in [-0.15, -0.1) is 35.7 Å². The number of benzene rings is 1. The molecule has 120 valence electrons. The van der Waals surface area contributed by atoms with E-state index in [1.165, 1.54) is 4.90 Å². The van der Waals surface area contributed by atoms with E-state index in [2.05, 4.69) is 44.9 Å². The normalized spacial score (nSPS) is 10.9. The van der Waals surface area contributed by atoms with E-state index in [1.54, 1.807) is 13.2 Å². The summed E-state index contributed by atoms with van der Waals surface area (Å²) >= 11 is 1.84. The number of aromatic nitrogens is 2. The first-order valence-corrected chi connectivity index (χ1v) is 7.95. The molecule has 1 aromatic heterocycles. The van der Waals surface area contributed by atoms with E-state index < -0.39 is 0 Å². The highest BCUT2D eigenvalue weighted by molar-refractivity contribution is 14.0. The van der Waals surface area contributed by atoms with Gasteiger partial charge in [0.15, 0.2) is 5.96 Å². The molecule has 7 heteroatoms. The molecule has 0 bridgehead atoms. The molecule has 22 heavy (non-hydrogen) atoms. The minimum Gasteiger partial charge on any atom is -0.356 e. The van der Waals surface area contributed by atoms with Crippen molar-refractivity contribution in [2.75, 3.05) is 25.9 Å². The van der Waals surface area contributed by atoms with E-state index in [0.29, 0.717) is 0 Å². The van der Waals surface area contributed by atoms with Gasteiger partial charge in [0, 0.05) is 49.7 Å². The summed E-state index contributed by atoms with van der Waals surface area (Å²) < 4.78 is 2.03. The molecule has 0 saturated carbocycles. The van der Waals surface area contributed by atoms with Crippen LogP contribution < -0.4 is 10.6 Å². The summed E-state index contributed by atoms with van der Waals surface area (Å²) in [7, 11) is 1.79. The maximum atomic E-state index is 4.21. The smallest absolute Gasteiger partial charge is 0.191 e. The first kappa shape index (κ1) is 18.8. The second kappa shape index (κ2) is 11.4. The number of rotatable bonds is 7. The zero-order valence-corrected chi connectivity index (χ0v) is 15.8. The largest absolute Gasteiger partial charge is 0.356 e. The third kappa shape index (κ3) is 7.17. The molecule has 0 aliphatic rings. The second-order valence-electron chi connectivity index (χ2n) is 4.39. The van der Waals surface area contributed by atoms with Gasteiger partial charge in [0.05, 0.1) is 6.33 Å². The molecule has 2 rings (SSSR count). The number of hydrogen-bond acceptors (Lipinski definition) is 3. The Morgan fingerprint density at radius 1 is 1.23 bits per heavy atom. The Balaban J connectivity index is 0.00000242. The quantitative estimate of drug-likeness (QED) is 0.233. The van der Waals surface area contributed by atoms with E-state index in [9.17, 15) is 0 Å². The summed E-state index contributed by atoms with van der Waals surface area (Å²) in [6, 6.07) is 10.4. The Morgan fingerprint density at radius 2 is 2.00 bits per heavy atom. The molecule has 0 amide bonds. The summed E-state index contributed by atoms with van der Waals surface area (Å²) in [6.07, 6.45) is 5.55. The van der Waals surface area contributed by atoms with Crippen LogP contribution >= 0.6 is 35.7 Å². The van der Waals surface area contributed by atoms with Crippen LogP contribution in [0, 0.1) is 0 Å². The fourth-order valence-corrected chi connectivity index (χ4v) is 2.59. The van der Waals surface area contributed by atoms with Gasteiger partial charge in [0.1, 0.15) is 0 Å². The number of imidazole rings is 1. The highest BCUT2D eigenvalue weighted by Gasteiger charge is 1.98. The van der Waals surface area contributed by atoms with Crippen LogP contribution in [0.25, 0.3) is 0 Å². The van der Waals surface area contributed by atoms with Gasteiger partial charge < -0.3 is 15.2 Å². The summed E-state index contributed by atoms with van der Waals surface area (Å²) in [5, 5.41) is 6.60. The predicted molar refractivity (Wildman–Crippen MR) is 104 cm³/mol. The Kier molecular flexibility index (Phi) is 9.72. The van der Waals surface area contributed by atoms with E-state index >= 15 is 0 Å². The molecule has 1 heterocycles. The van der Waals surface area contributed by atoms with Crippen molar-refractivity contribution in [1.29, 1.82) is 0 Å². The molecular formula is C15H22IN5S. The average molecular weight is 431 g/mol. The second-order valence-corrected chi connectivity index (χ2v) is 5.56. The van der Waals surface area contributed by atoms with Crippen molar-refractivity contribution in [2.24, 2.45) is 4.99 Å². The molecule has 0 aliphatic heterocycles. The summed E-state index contributed by atoms with van der Waals surface area (Å²) in [4.78, 5) is 9.52. The molecule has 0 atom stereocenters. The molecule has 0 unspecified atom stereocenters. The zero-order chi connectivity index (χ0) is 14.8. The molecule has 2 N–H and O–H groups in total. The van der Waals surface area contributed by atoms with Crippen molar-refractivity contribution >= 4 is 41.7 Å². The molecule has 1 aromatic carbocycles. The fraction of sp³-hybridized carbons (Fsp3) is 0.333. The molecule has 0 aliphatic carbocycles. The van der Waals surface area contributed by atoms with Crippen molar-refractivity contribution in [3.8, 4) is 0 Å². The third-order valence-electron chi connectivity index (χ3n) is 2.85. The van der Waals surface area contributed by atoms with Crippen LogP contribution in [-0.4, -0.2) is 41.4 Å². The van der Waals surface area contributed by atoms with Crippen LogP contribution in [0.1, 0.15) is 0 Å². The Hall–Kier alpha value is -1.22. The summed E-state index contributed by atoms with van der Waals surface area (Å²) in [6.45, 7) is 2.58. The van der Waals surface area contributed by atoms with Gasteiger partial charge >= 0.3 is 0 Å². The number of thioether (sulfide) groups is 1. The van der Waals surface area contributed by atoms with E-state index in [4.69, 9.17) is 0 Å². The fourth-order valence-electron chi connectivity index (χ4n) is 1.80. The van der Waals surface area contributed by atoms with Crippen LogP contribution in [0.5, 0.6) is 0 Å². The number of halogens is 1. The Labute approximate surface area is 153 Å². The molecule has 2 aromatic rings. The molecule has 0 radical (unpaired) electrons. The number of nitrogens with one attached hydrogen (secondary N) is 2. The molecular weight excluding hydrogens is 409 g/mol. The topological polar surface area (TPSA) is 54.2 Å². The van der Waals surface area contributed by atoms with Gasteiger partial charge in [-0.3, -0.25) is 4.99 Å². The molecule has 0 saturated heterocycles. The Morgan fingerprint density at radius 3 is 2.68 bits per heavy atom. The average Bonchev–Trinajstić information content (AvgIpc) is 3.04. The van der Waals surface area contributed by atoms with Crippen molar-refractivity contribution in [3.05, 3.63) is 49.1 Å². The highest BCUT2D eigenvalue weighted by Crippen LogP contribution is 2.15. The van der Waals surface area contributed by atoms with E-state index in [0.717, 1.165) is 31.3 Å². The maximum absolute atomic E-state index is 4.21. The highest BCUT2D eigenvalue weighted by atomic mass is 127. The van der Waals surface area contributed by atoms with Crippen molar-refractivity contribution in [3.63, 3.8) is 0 Å². The van der Waals surface area contributed by atoms with Crippen LogP contribution in [-0.2, 0) is 6.54 Å². The minimum atomic E-state index is 0. The van der Waals surface area contributed by atoms with Crippen LogP contribution in [0.4, 0.5) is 0 Å². The van der Waals surface area contributed by atoms with Crippen LogP contribution in [0.2, 0.25) is 0 Å². The lowest BCUT2D eigenvalue weighted by molar-refractivity contribution is 0.664. The zero-order valence-electron chi connectivity index (χ0n) is 12.6. The Bertz CT molecular complexity index is 530. The molecule has 0 fully saturated rings. The van der Waals surface area contributed by atoms with Gasteiger partial charge in [-0.05, 0) is 12.1 Å². The first-order valence-electron chi connectivity index (χ1n) is 6.96.